The Hall–Kier alpha value is -2.87. The first-order valence-electron chi connectivity index (χ1n) is 8.48. The van der Waals surface area contributed by atoms with E-state index in [9.17, 15) is 19.3 Å². The molecule has 0 aliphatic rings. The molecule has 0 heterocycles. The summed E-state index contributed by atoms with van der Waals surface area (Å²) < 4.78 is 24.8. The number of ether oxygens (including phenoxy) is 2. The average molecular weight is 411 g/mol. The number of nitro groups is 1. The van der Waals surface area contributed by atoms with Gasteiger partial charge >= 0.3 is 0 Å². The summed E-state index contributed by atoms with van der Waals surface area (Å²) in [6.45, 7) is 4.55. The summed E-state index contributed by atoms with van der Waals surface area (Å²) in [5.41, 5.74) is -0.572. The van der Waals surface area contributed by atoms with Crippen LogP contribution in [0.25, 0.3) is 0 Å². The second-order valence-electron chi connectivity index (χ2n) is 6.40. The highest BCUT2D eigenvalue weighted by atomic mass is 35.5. The van der Waals surface area contributed by atoms with Gasteiger partial charge in [-0.15, -0.1) is 0 Å². The van der Waals surface area contributed by atoms with Crippen LogP contribution in [-0.4, -0.2) is 24.5 Å². The van der Waals surface area contributed by atoms with Gasteiger partial charge in [0.15, 0.2) is 11.5 Å². The Labute approximate surface area is 166 Å². The maximum atomic E-state index is 13.9. The summed E-state index contributed by atoms with van der Waals surface area (Å²) in [6, 6.07) is 5.62. The van der Waals surface area contributed by atoms with Crippen molar-refractivity contribution in [2.75, 3.05) is 19.0 Å². The van der Waals surface area contributed by atoms with Gasteiger partial charge in [-0.05, 0) is 30.5 Å². The summed E-state index contributed by atoms with van der Waals surface area (Å²) in [4.78, 5) is 22.6. The van der Waals surface area contributed by atoms with Crippen molar-refractivity contribution in [3.8, 4) is 11.5 Å². The van der Waals surface area contributed by atoms with Crippen LogP contribution in [0, 0.1) is 21.8 Å². The van der Waals surface area contributed by atoms with Gasteiger partial charge in [0.2, 0.25) is 0 Å². The SMILES string of the molecule is COc1cc(C(=O)Nc2cc([N+](=O)[O-])ccc2F)cc(Cl)c1OCCC(C)C. The van der Waals surface area contributed by atoms with Crippen LogP contribution in [0.2, 0.25) is 5.02 Å². The highest BCUT2D eigenvalue weighted by molar-refractivity contribution is 6.32. The van der Waals surface area contributed by atoms with Crippen LogP contribution < -0.4 is 14.8 Å². The van der Waals surface area contributed by atoms with Gasteiger partial charge in [0.05, 0.1) is 29.4 Å². The van der Waals surface area contributed by atoms with Crippen molar-refractivity contribution in [2.45, 2.75) is 20.3 Å². The fourth-order valence-electron chi connectivity index (χ4n) is 2.30. The van der Waals surface area contributed by atoms with Crippen molar-refractivity contribution >= 4 is 28.9 Å². The molecule has 0 saturated carbocycles. The summed E-state index contributed by atoms with van der Waals surface area (Å²) in [7, 11) is 1.41. The Bertz CT molecular complexity index is 889. The van der Waals surface area contributed by atoms with Gasteiger partial charge in [-0.25, -0.2) is 4.39 Å². The Balaban J connectivity index is 2.25. The number of halogens is 2. The molecule has 150 valence electrons. The van der Waals surface area contributed by atoms with Crippen LogP contribution in [0.4, 0.5) is 15.8 Å². The lowest BCUT2D eigenvalue weighted by molar-refractivity contribution is -0.384. The molecule has 2 aromatic rings. The molecule has 0 aromatic heterocycles. The number of hydrogen-bond donors (Lipinski definition) is 1. The molecule has 2 rings (SSSR count). The van der Waals surface area contributed by atoms with Gasteiger partial charge in [-0.1, -0.05) is 25.4 Å². The molecule has 0 unspecified atom stereocenters. The molecule has 1 amide bonds. The molecule has 0 bridgehead atoms. The fraction of sp³-hybridized carbons (Fsp3) is 0.316. The predicted molar refractivity (Wildman–Crippen MR) is 104 cm³/mol. The molecular formula is C19H20ClFN2O5. The summed E-state index contributed by atoms with van der Waals surface area (Å²) >= 11 is 6.23. The topological polar surface area (TPSA) is 90.7 Å². The molecule has 0 aliphatic carbocycles. The van der Waals surface area contributed by atoms with Crippen LogP contribution in [-0.2, 0) is 0 Å². The van der Waals surface area contributed by atoms with Gasteiger partial charge in [-0.2, -0.15) is 0 Å². The van der Waals surface area contributed by atoms with Crippen LogP contribution in [0.3, 0.4) is 0 Å². The van der Waals surface area contributed by atoms with E-state index in [2.05, 4.69) is 19.2 Å². The average Bonchev–Trinajstić information content (AvgIpc) is 2.63. The molecule has 0 radical (unpaired) electrons. The zero-order valence-corrected chi connectivity index (χ0v) is 16.4. The van der Waals surface area contributed by atoms with Crippen LogP contribution in [0.15, 0.2) is 30.3 Å². The van der Waals surface area contributed by atoms with E-state index in [1.165, 1.54) is 19.2 Å². The van der Waals surface area contributed by atoms with Crippen LogP contribution in [0.5, 0.6) is 11.5 Å². The maximum absolute atomic E-state index is 13.9. The van der Waals surface area contributed by atoms with Crippen molar-refractivity contribution < 1.29 is 23.6 Å². The lowest BCUT2D eigenvalue weighted by Gasteiger charge is -2.15. The molecule has 9 heteroatoms. The molecule has 0 saturated heterocycles. The van der Waals surface area contributed by atoms with Gasteiger partial charge in [0, 0.05) is 17.7 Å². The number of amides is 1. The third kappa shape index (κ3) is 5.32. The minimum Gasteiger partial charge on any atom is -0.493 e. The second kappa shape index (κ2) is 9.36. The number of carbonyl (C=O) groups is 1. The molecule has 0 atom stereocenters. The second-order valence-corrected chi connectivity index (χ2v) is 6.80. The van der Waals surface area contributed by atoms with Gasteiger partial charge < -0.3 is 14.8 Å². The largest absolute Gasteiger partial charge is 0.493 e. The van der Waals surface area contributed by atoms with E-state index in [1.807, 2.05) is 0 Å². The monoisotopic (exact) mass is 410 g/mol. The number of rotatable bonds is 8. The number of non-ortho nitro benzene ring substituents is 1. The molecule has 2 aromatic carbocycles. The first-order valence-corrected chi connectivity index (χ1v) is 8.86. The number of nitrogens with zero attached hydrogens (tertiary/aromatic N) is 1. The number of benzene rings is 2. The standard InChI is InChI=1S/C19H20ClFN2O5/c1-11(2)6-7-28-18-14(20)8-12(9-17(18)27-3)19(24)22-16-10-13(23(25)26)4-5-15(16)21/h4-5,8-11H,6-7H2,1-3H3,(H,22,24). The number of hydrogen-bond acceptors (Lipinski definition) is 5. The molecule has 1 N–H and O–H groups in total. The first kappa shape index (κ1) is 21.4. The minimum atomic E-state index is -0.800. The number of methoxy groups -OCH3 is 1. The molecule has 28 heavy (non-hydrogen) atoms. The van der Waals surface area contributed by atoms with E-state index in [4.69, 9.17) is 21.1 Å². The van der Waals surface area contributed by atoms with Gasteiger partial charge in [-0.3, -0.25) is 14.9 Å². The lowest BCUT2D eigenvalue weighted by Crippen LogP contribution is -2.14. The van der Waals surface area contributed by atoms with E-state index in [-0.39, 0.29) is 27.7 Å². The minimum absolute atomic E-state index is 0.0870. The van der Waals surface area contributed by atoms with E-state index in [0.717, 1.165) is 24.6 Å². The van der Waals surface area contributed by atoms with Crippen LogP contribution >= 0.6 is 11.6 Å². The van der Waals surface area contributed by atoms with E-state index < -0.39 is 16.6 Å². The highest BCUT2D eigenvalue weighted by Crippen LogP contribution is 2.37. The van der Waals surface area contributed by atoms with Crippen LogP contribution in [0.1, 0.15) is 30.6 Å². The zero-order chi connectivity index (χ0) is 20.8. The first-order chi connectivity index (χ1) is 13.2. The Morgan fingerprint density at radius 3 is 2.64 bits per heavy atom. The third-order valence-corrected chi connectivity index (χ3v) is 4.12. The number of carbonyl (C=O) groups excluding carboxylic acids is 1. The van der Waals surface area contributed by atoms with Crippen molar-refractivity contribution in [2.24, 2.45) is 5.92 Å². The Morgan fingerprint density at radius 1 is 1.32 bits per heavy atom. The summed E-state index contributed by atoms with van der Waals surface area (Å²) in [6.07, 6.45) is 0.813. The maximum Gasteiger partial charge on any atom is 0.271 e. The number of anilines is 1. The van der Waals surface area contributed by atoms with E-state index in [0.29, 0.717) is 18.3 Å². The lowest BCUT2D eigenvalue weighted by atomic mass is 10.1. The molecule has 0 spiro atoms. The number of nitro benzene ring substituents is 1. The Morgan fingerprint density at radius 2 is 2.04 bits per heavy atom. The predicted octanol–water partition coefficient (Wildman–Crippen LogP) is 5.07. The zero-order valence-electron chi connectivity index (χ0n) is 15.6. The van der Waals surface area contributed by atoms with E-state index in [1.54, 1.807) is 0 Å². The molecule has 0 fully saturated rings. The summed E-state index contributed by atoms with van der Waals surface area (Å²) in [5.74, 6) is -0.498. The van der Waals surface area contributed by atoms with E-state index >= 15 is 0 Å². The van der Waals surface area contributed by atoms with Crippen molar-refractivity contribution in [1.29, 1.82) is 0 Å². The normalized spacial score (nSPS) is 10.6. The van der Waals surface area contributed by atoms with Crippen molar-refractivity contribution in [1.82, 2.24) is 0 Å². The van der Waals surface area contributed by atoms with Gasteiger partial charge in [0.1, 0.15) is 5.82 Å². The van der Waals surface area contributed by atoms with Crippen molar-refractivity contribution in [3.63, 3.8) is 0 Å². The fourth-order valence-corrected chi connectivity index (χ4v) is 2.57. The number of nitrogens with one attached hydrogen (secondary N) is 1. The molecular weight excluding hydrogens is 391 g/mol. The quantitative estimate of drug-likeness (QED) is 0.484. The van der Waals surface area contributed by atoms with Gasteiger partial charge in [0.25, 0.3) is 11.6 Å². The smallest absolute Gasteiger partial charge is 0.271 e. The summed E-state index contributed by atoms with van der Waals surface area (Å²) in [5, 5.41) is 13.3. The Kier molecular flexibility index (Phi) is 7.17. The third-order valence-electron chi connectivity index (χ3n) is 3.84. The highest BCUT2D eigenvalue weighted by Gasteiger charge is 2.18. The molecule has 0 aliphatic heterocycles. The molecule has 7 nitrogen and oxygen atoms in total. The van der Waals surface area contributed by atoms with Crippen molar-refractivity contribution in [3.05, 3.63) is 56.8 Å².